The zero-order valence-electron chi connectivity index (χ0n) is 31.1. The molecule has 0 heterocycles. The maximum Gasteiger partial charge on any atom is 0.407 e. The van der Waals surface area contributed by atoms with Crippen LogP contribution in [-0.4, -0.2) is 67.2 Å². The lowest BCUT2D eigenvalue weighted by molar-refractivity contribution is -0.145. The quantitative estimate of drug-likeness (QED) is 0.0471. The van der Waals surface area contributed by atoms with Crippen molar-refractivity contribution in [3.8, 4) is 11.1 Å². The maximum absolute atomic E-state index is 13.8. The van der Waals surface area contributed by atoms with Crippen molar-refractivity contribution < 1.29 is 33.4 Å². The molecule has 0 aliphatic heterocycles. The van der Waals surface area contributed by atoms with Crippen molar-refractivity contribution in [2.75, 3.05) is 13.7 Å². The number of alkyl carbamates (subject to hydrolysis) is 1. The molecular weight excluding hydrogens is 672 g/mol. The number of methoxy groups -OCH3 is 1. The second-order valence-electron chi connectivity index (χ2n) is 13.9. The maximum atomic E-state index is 13.8. The van der Waals surface area contributed by atoms with Gasteiger partial charge in [0.25, 0.3) is 0 Å². The molecule has 0 fully saturated rings. The fourth-order valence-electron chi connectivity index (χ4n) is 6.12. The second-order valence-corrected chi connectivity index (χ2v) is 13.9. The molecular formula is C42H50N4O7. The minimum atomic E-state index is -1.05. The van der Waals surface area contributed by atoms with Crippen LogP contribution in [0.2, 0.25) is 0 Å². The first kappa shape index (κ1) is 40.1. The highest BCUT2D eigenvalue weighted by atomic mass is 16.6. The molecule has 4 amide bonds. The monoisotopic (exact) mass is 722 g/mol. The molecule has 4 aromatic carbocycles. The van der Waals surface area contributed by atoms with E-state index in [1.54, 1.807) is 20.8 Å². The highest BCUT2D eigenvalue weighted by Crippen LogP contribution is 2.35. The fraction of sp³-hybridized carbons (Fsp3) is 0.357. The molecule has 53 heavy (non-hydrogen) atoms. The average molecular weight is 723 g/mol. The summed E-state index contributed by atoms with van der Waals surface area (Å²) in [4.78, 5) is 64.0. The van der Waals surface area contributed by atoms with Crippen LogP contribution in [0.3, 0.4) is 0 Å². The number of hydrogen-bond acceptors (Lipinski definition) is 7. The van der Waals surface area contributed by atoms with Gasteiger partial charge in [-0.05, 0) is 90.8 Å². The molecule has 0 aromatic heterocycles. The number of carbonyl (C=O) groups is 5. The zero-order chi connectivity index (χ0) is 38.5. The Labute approximate surface area is 310 Å². The van der Waals surface area contributed by atoms with Crippen LogP contribution in [0, 0.1) is 0 Å². The molecule has 0 aliphatic carbocycles. The van der Waals surface area contributed by atoms with E-state index in [-0.39, 0.29) is 25.8 Å². The molecule has 0 unspecified atom stereocenters. The van der Waals surface area contributed by atoms with Gasteiger partial charge in [0.2, 0.25) is 17.7 Å². The van der Waals surface area contributed by atoms with Crippen molar-refractivity contribution in [1.82, 2.24) is 21.3 Å². The summed E-state index contributed by atoms with van der Waals surface area (Å²) < 4.78 is 10.1. The summed E-state index contributed by atoms with van der Waals surface area (Å²) in [6.45, 7) is 10.6. The van der Waals surface area contributed by atoms with E-state index >= 15 is 0 Å². The van der Waals surface area contributed by atoms with Gasteiger partial charge >= 0.3 is 12.1 Å². The van der Waals surface area contributed by atoms with Gasteiger partial charge in [0.1, 0.15) is 23.7 Å². The summed E-state index contributed by atoms with van der Waals surface area (Å²) in [5, 5.41) is 15.5. The summed E-state index contributed by atoms with van der Waals surface area (Å²) in [6.07, 6.45) is 2.34. The first-order valence-electron chi connectivity index (χ1n) is 17.8. The smallest absolute Gasteiger partial charge is 0.407 e. The Morgan fingerprint density at radius 1 is 0.774 bits per heavy atom. The highest BCUT2D eigenvalue weighted by molar-refractivity contribution is 6.13. The Hall–Kier alpha value is -5.71. The molecule has 4 aromatic rings. The lowest BCUT2D eigenvalue weighted by atomic mass is 9.92. The fourth-order valence-corrected chi connectivity index (χ4v) is 6.12. The molecule has 0 saturated heterocycles. The average Bonchev–Trinajstić information content (AvgIpc) is 3.12. The third-order valence-corrected chi connectivity index (χ3v) is 8.59. The van der Waals surface area contributed by atoms with Crippen LogP contribution in [0.5, 0.6) is 0 Å². The van der Waals surface area contributed by atoms with E-state index in [2.05, 4.69) is 58.2 Å². The molecule has 4 rings (SSSR count). The van der Waals surface area contributed by atoms with Crippen molar-refractivity contribution in [2.24, 2.45) is 0 Å². The van der Waals surface area contributed by atoms with Gasteiger partial charge in [0.15, 0.2) is 0 Å². The normalized spacial score (nSPS) is 12.9. The third kappa shape index (κ3) is 11.6. The van der Waals surface area contributed by atoms with Crippen molar-refractivity contribution >= 4 is 51.3 Å². The van der Waals surface area contributed by atoms with Crippen LogP contribution in [0.25, 0.3) is 32.7 Å². The van der Waals surface area contributed by atoms with E-state index in [9.17, 15) is 24.0 Å². The minimum Gasteiger partial charge on any atom is -0.467 e. The molecule has 0 aliphatic rings. The SMILES string of the molecule is C=CC[C@H](NC(=O)[C@H](CCCCNC(=O)OC(C)(C)C)NC(=O)[C@H](Cc1ccc(-c2cc3ccccc3c3ccccc23)cc1)NC(C)=O)C(=O)OC. The zero-order valence-corrected chi connectivity index (χ0v) is 31.1. The Morgan fingerprint density at radius 2 is 1.40 bits per heavy atom. The highest BCUT2D eigenvalue weighted by Gasteiger charge is 2.29. The molecule has 11 nitrogen and oxygen atoms in total. The molecule has 0 spiro atoms. The predicted octanol–water partition coefficient (Wildman–Crippen LogP) is 6.12. The van der Waals surface area contributed by atoms with E-state index in [0.717, 1.165) is 32.8 Å². The van der Waals surface area contributed by atoms with E-state index < -0.39 is 53.5 Å². The molecule has 280 valence electrons. The number of amides is 4. The van der Waals surface area contributed by atoms with Crippen LogP contribution >= 0.6 is 0 Å². The van der Waals surface area contributed by atoms with E-state index in [1.165, 1.54) is 25.5 Å². The Kier molecular flexibility index (Phi) is 14.1. The molecule has 4 N–H and O–H groups in total. The van der Waals surface area contributed by atoms with E-state index in [1.807, 2.05) is 48.5 Å². The largest absolute Gasteiger partial charge is 0.467 e. The third-order valence-electron chi connectivity index (χ3n) is 8.59. The number of unbranched alkanes of at least 4 members (excludes halogenated alkanes) is 1. The lowest BCUT2D eigenvalue weighted by Gasteiger charge is -2.25. The van der Waals surface area contributed by atoms with Gasteiger partial charge in [-0.2, -0.15) is 0 Å². The Bertz CT molecular complexity index is 1930. The van der Waals surface area contributed by atoms with Crippen LogP contribution in [-0.2, 0) is 35.1 Å². The van der Waals surface area contributed by atoms with Crippen molar-refractivity contribution in [3.63, 3.8) is 0 Å². The van der Waals surface area contributed by atoms with Crippen molar-refractivity contribution in [3.05, 3.63) is 97.1 Å². The molecule has 3 atom stereocenters. The van der Waals surface area contributed by atoms with Crippen LogP contribution in [0.15, 0.2) is 91.5 Å². The van der Waals surface area contributed by atoms with Crippen LogP contribution in [0.1, 0.15) is 58.9 Å². The van der Waals surface area contributed by atoms with Crippen molar-refractivity contribution in [1.29, 1.82) is 0 Å². The predicted molar refractivity (Wildman–Crippen MR) is 207 cm³/mol. The van der Waals surface area contributed by atoms with Gasteiger partial charge in [-0.25, -0.2) is 9.59 Å². The Balaban J connectivity index is 1.50. The molecule has 11 heteroatoms. The molecule has 0 saturated carbocycles. The van der Waals surface area contributed by atoms with E-state index in [0.29, 0.717) is 12.8 Å². The minimum absolute atomic E-state index is 0.123. The summed E-state index contributed by atoms with van der Waals surface area (Å²) in [5.74, 6) is -2.21. The van der Waals surface area contributed by atoms with Crippen molar-refractivity contribution in [2.45, 2.75) is 83.5 Å². The number of carbonyl (C=O) groups excluding carboxylic acids is 5. The summed E-state index contributed by atoms with van der Waals surface area (Å²) in [7, 11) is 1.22. The summed E-state index contributed by atoms with van der Waals surface area (Å²) >= 11 is 0. The number of benzene rings is 4. The summed E-state index contributed by atoms with van der Waals surface area (Å²) in [5.41, 5.74) is 2.25. The topological polar surface area (TPSA) is 152 Å². The van der Waals surface area contributed by atoms with Gasteiger partial charge in [0, 0.05) is 19.9 Å². The first-order valence-corrected chi connectivity index (χ1v) is 17.8. The first-order chi connectivity index (χ1) is 25.3. The van der Waals surface area contributed by atoms with Crippen LogP contribution in [0.4, 0.5) is 4.79 Å². The van der Waals surface area contributed by atoms with Gasteiger partial charge in [-0.15, -0.1) is 6.58 Å². The number of nitrogens with one attached hydrogen (secondary N) is 4. The number of ether oxygens (including phenoxy) is 2. The Morgan fingerprint density at radius 3 is 2.04 bits per heavy atom. The van der Waals surface area contributed by atoms with Crippen LogP contribution < -0.4 is 21.3 Å². The lowest BCUT2D eigenvalue weighted by Crippen LogP contribution is -2.56. The number of hydrogen-bond donors (Lipinski definition) is 4. The van der Waals surface area contributed by atoms with Gasteiger partial charge in [-0.1, -0.05) is 78.9 Å². The van der Waals surface area contributed by atoms with Gasteiger partial charge in [0.05, 0.1) is 7.11 Å². The number of fused-ring (bicyclic) bond motifs is 3. The molecule has 0 bridgehead atoms. The second kappa shape index (κ2) is 18.7. The van der Waals surface area contributed by atoms with Gasteiger partial charge in [-0.3, -0.25) is 14.4 Å². The van der Waals surface area contributed by atoms with Gasteiger partial charge < -0.3 is 30.7 Å². The van der Waals surface area contributed by atoms with E-state index in [4.69, 9.17) is 9.47 Å². The number of esters is 1. The standard InChI is InChI=1S/C42H50N4O7/c1-7-14-36(40(50)52-6)46-38(48)35(19-12-13-24-43-41(51)53-42(3,4)5)45-39(49)37(44-27(2)47)25-28-20-22-29(23-21-28)34-26-30-15-8-9-16-31(30)32-17-10-11-18-33(32)34/h7-11,15-18,20-23,26,35-37H,1,12-14,19,24-25H2,2-6H3,(H,43,51)(H,44,47)(H,45,49)(H,46,48)/t35-,36-,37-/m0/s1. The number of rotatable bonds is 16. The molecule has 0 radical (unpaired) electrons. The summed E-state index contributed by atoms with van der Waals surface area (Å²) in [6, 6.07) is 23.6.